The van der Waals surface area contributed by atoms with Gasteiger partial charge >= 0.3 is 0 Å². The van der Waals surface area contributed by atoms with E-state index in [4.69, 9.17) is 5.73 Å². The van der Waals surface area contributed by atoms with Gasteiger partial charge in [-0.1, -0.05) is 13.8 Å². The average molecular weight is 292 g/mol. The van der Waals surface area contributed by atoms with Crippen LogP contribution in [0.5, 0.6) is 0 Å². The molecule has 0 aromatic carbocycles. The smallest absolute Gasteiger partial charge is 0.245 e. The molecule has 0 radical (unpaired) electrons. The summed E-state index contributed by atoms with van der Waals surface area (Å²) < 4.78 is 28.2. The molecular weight excluding hydrogens is 272 g/mol. The van der Waals surface area contributed by atoms with Crippen LogP contribution < -0.4 is 10.5 Å². The molecule has 0 spiro atoms. The highest BCUT2D eigenvalue weighted by atomic mass is 32.2. The number of nitrogens with two attached hydrogens (primary N) is 1. The summed E-state index contributed by atoms with van der Waals surface area (Å²) in [6.07, 6.45) is 4.29. The molecule has 1 heterocycles. The molecule has 18 heavy (non-hydrogen) atoms. The van der Waals surface area contributed by atoms with Crippen LogP contribution in [0.3, 0.4) is 0 Å². The molecule has 1 rings (SSSR count). The van der Waals surface area contributed by atoms with Gasteiger partial charge in [-0.15, -0.1) is 0 Å². The molecule has 1 aromatic rings. The van der Waals surface area contributed by atoms with Gasteiger partial charge in [0.15, 0.2) is 5.82 Å². The lowest BCUT2D eigenvalue weighted by molar-refractivity contribution is 0.579. The van der Waals surface area contributed by atoms with Crippen molar-refractivity contribution >= 4 is 27.6 Å². The number of hydrogen-bond acceptors (Lipinski definition) is 5. The Hall–Kier alpha value is -0.730. The quantitative estimate of drug-likeness (QED) is 0.779. The summed E-state index contributed by atoms with van der Waals surface area (Å²) in [5, 5.41) is 4.20. The Morgan fingerprint density at radius 2 is 2.28 bits per heavy atom. The Bertz CT molecular complexity index is 484. The van der Waals surface area contributed by atoms with E-state index < -0.39 is 10.0 Å². The Kier molecular flexibility index (Phi) is 5.48. The van der Waals surface area contributed by atoms with Gasteiger partial charge in [-0.05, 0) is 12.7 Å². The summed E-state index contributed by atoms with van der Waals surface area (Å²) in [5.74, 6) is 0.0488. The maximum atomic E-state index is 12.0. The van der Waals surface area contributed by atoms with Crippen molar-refractivity contribution in [2.45, 2.75) is 37.0 Å². The summed E-state index contributed by atoms with van der Waals surface area (Å²) in [6.45, 7) is 4.98. The van der Waals surface area contributed by atoms with Crippen molar-refractivity contribution in [1.82, 2.24) is 14.5 Å². The number of sulfonamides is 1. The third-order valence-corrected chi connectivity index (χ3v) is 4.87. The molecule has 3 N–H and O–H groups in total. The first-order valence-corrected chi connectivity index (χ1v) is 8.53. The minimum atomic E-state index is -3.57. The van der Waals surface area contributed by atoms with Crippen molar-refractivity contribution in [3.8, 4) is 0 Å². The average Bonchev–Trinajstić information content (AvgIpc) is 2.68. The Morgan fingerprint density at radius 1 is 1.61 bits per heavy atom. The summed E-state index contributed by atoms with van der Waals surface area (Å²) >= 11 is 1.60. The van der Waals surface area contributed by atoms with Crippen molar-refractivity contribution in [2.75, 3.05) is 18.5 Å². The zero-order chi connectivity index (χ0) is 13.8. The van der Waals surface area contributed by atoms with Crippen LogP contribution in [-0.2, 0) is 16.6 Å². The van der Waals surface area contributed by atoms with E-state index in [1.54, 1.807) is 16.4 Å². The normalized spacial score (nSPS) is 13.7. The number of rotatable bonds is 7. The Labute approximate surface area is 112 Å². The summed E-state index contributed by atoms with van der Waals surface area (Å²) in [4.78, 5) is 0.0595. The van der Waals surface area contributed by atoms with Crippen molar-refractivity contribution in [2.24, 2.45) is 0 Å². The SMILES string of the molecule is CCCn1cc(S(=O)(=O)NCC(C)SC)c(N)n1. The number of nitrogens with zero attached hydrogens (tertiary/aromatic N) is 2. The predicted molar refractivity (Wildman–Crippen MR) is 75.1 cm³/mol. The second-order valence-corrected chi connectivity index (χ2v) is 7.05. The third kappa shape index (κ3) is 3.89. The molecule has 0 fully saturated rings. The molecule has 0 aliphatic rings. The van der Waals surface area contributed by atoms with Crippen molar-refractivity contribution in [3.63, 3.8) is 0 Å². The molecule has 6 nitrogen and oxygen atoms in total. The number of anilines is 1. The molecule has 0 aliphatic carbocycles. The summed E-state index contributed by atoms with van der Waals surface area (Å²) in [7, 11) is -3.57. The van der Waals surface area contributed by atoms with E-state index in [1.807, 2.05) is 20.1 Å². The van der Waals surface area contributed by atoms with Crippen LogP contribution in [0.25, 0.3) is 0 Å². The molecule has 0 saturated carbocycles. The molecule has 1 atom stereocenters. The van der Waals surface area contributed by atoms with Gasteiger partial charge in [0, 0.05) is 24.5 Å². The van der Waals surface area contributed by atoms with E-state index >= 15 is 0 Å². The molecule has 0 amide bonds. The highest BCUT2D eigenvalue weighted by Gasteiger charge is 2.21. The van der Waals surface area contributed by atoms with E-state index in [1.165, 1.54) is 6.20 Å². The molecular formula is C10H20N4O2S2. The summed E-state index contributed by atoms with van der Waals surface area (Å²) in [5.41, 5.74) is 5.64. The van der Waals surface area contributed by atoms with Gasteiger partial charge in [0.25, 0.3) is 0 Å². The fraction of sp³-hybridized carbons (Fsp3) is 0.700. The number of aromatic nitrogens is 2. The monoisotopic (exact) mass is 292 g/mol. The van der Waals surface area contributed by atoms with Crippen LogP contribution in [0.4, 0.5) is 5.82 Å². The summed E-state index contributed by atoms with van der Waals surface area (Å²) in [6, 6.07) is 0. The van der Waals surface area contributed by atoms with Crippen LogP contribution in [0.15, 0.2) is 11.1 Å². The number of thioether (sulfide) groups is 1. The molecule has 1 aromatic heterocycles. The van der Waals surface area contributed by atoms with Crippen LogP contribution in [0.2, 0.25) is 0 Å². The number of aryl methyl sites for hydroxylation is 1. The standard InChI is InChI=1S/C10H20N4O2S2/c1-4-5-14-7-9(10(11)13-14)18(15,16)12-6-8(2)17-3/h7-8,12H,4-6H2,1-3H3,(H2,11,13). The third-order valence-electron chi connectivity index (χ3n) is 2.46. The lowest BCUT2D eigenvalue weighted by atomic mass is 10.5. The minimum absolute atomic E-state index is 0.0488. The number of nitrogens with one attached hydrogen (secondary N) is 1. The molecule has 0 saturated heterocycles. The predicted octanol–water partition coefficient (Wildman–Crippen LogP) is 0.905. The van der Waals surface area contributed by atoms with Crippen molar-refractivity contribution in [3.05, 3.63) is 6.20 Å². The maximum absolute atomic E-state index is 12.0. The zero-order valence-corrected chi connectivity index (χ0v) is 12.5. The van der Waals surface area contributed by atoms with Gasteiger partial charge in [0.2, 0.25) is 10.0 Å². The van der Waals surface area contributed by atoms with Crippen LogP contribution >= 0.6 is 11.8 Å². The van der Waals surface area contributed by atoms with Gasteiger partial charge in [0.05, 0.1) is 0 Å². The Morgan fingerprint density at radius 3 is 2.83 bits per heavy atom. The highest BCUT2D eigenvalue weighted by Crippen LogP contribution is 2.16. The molecule has 0 aliphatic heterocycles. The van der Waals surface area contributed by atoms with Gasteiger partial charge in [-0.3, -0.25) is 4.68 Å². The number of hydrogen-bond donors (Lipinski definition) is 2. The molecule has 1 unspecified atom stereocenters. The van der Waals surface area contributed by atoms with Crippen LogP contribution in [-0.4, -0.2) is 36.2 Å². The van der Waals surface area contributed by atoms with Crippen LogP contribution in [0.1, 0.15) is 20.3 Å². The molecule has 104 valence electrons. The topological polar surface area (TPSA) is 90.0 Å². The van der Waals surface area contributed by atoms with Crippen molar-refractivity contribution in [1.29, 1.82) is 0 Å². The van der Waals surface area contributed by atoms with Crippen LogP contribution in [0, 0.1) is 0 Å². The Balaban J connectivity index is 2.84. The van der Waals surface area contributed by atoms with Gasteiger partial charge in [-0.25, -0.2) is 13.1 Å². The second kappa shape index (κ2) is 6.44. The molecule has 8 heteroatoms. The fourth-order valence-electron chi connectivity index (χ4n) is 1.36. The number of nitrogen functional groups attached to an aromatic ring is 1. The fourth-order valence-corrected chi connectivity index (χ4v) is 2.91. The maximum Gasteiger partial charge on any atom is 0.245 e. The van der Waals surface area contributed by atoms with E-state index in [-0.39, 0.29) is 16.0 Å². The first-order chi connectivity index (χ1) is 8.40. The van der Waals surface area contributed by atoms with E-state index in [2.05, 4.69) is 9.82 Å². The second-order valence-electron chi connectivity index (χ2n) is 4.04. The zero-order valence-electron chi connectivity index (χ0n) is 10.9. The lowest BCUT2D eigenvalue weighted by Gasteiger charge is -2.09. The van der Waals surface area contributed by atoms with E-state index in [9.17, 15) is 8.42 Å². The van der Waals surface area contributed by atoms with Gasteiger partial charge in [-0.2, -0.15) is 16.9 Å². The largest absolute Gasteiger partial charge is 0.381 e. The van der Waals surface area contributed by atoms with Crippen molar-refractivity contribution < 1.29 is 8.42 Å². The van der Waals surface area contributed by atoms with E-state index in [0.717, 1.165) is 6.42 Å². The first-order valence-electron chi connectivity index (χ1n) is 5.76. The highest BCUT2D eigenvalue weighted by molar-refractivity contribution is 7.99. The van der Waals surface area contributed by atoms with Gasteiger partial charge in [0.1, 0.15) is 4.90 Å². The van der Waals surface area contributed by atoms with Gasteiger partial charge < -0.3 is 5.73 Å². The van der Waals surface area contributed by atoms with E-state index in [0.29, 0.717) is 13.1 Å². The first kappa shape index (κ1) is 15.3. The molecule has 0 bridgehead atoms. The minimum Gasteiger partial charge on any atom is -0.381 e. The lowest BCUT2D eigenvalue weighted by Crippen LogP contribution is -2.29.